The van der Waals surface area contributed by atoms with E-state index in [1.54, 1.807) is 48.1 Å². The number of carboxylic acids is 1. The van der Waals surface area contributed by atoms with Crippen molar-refractivity contribution in [1.82, 2.24) is 14.9 Å². The predicted octanol–water partition coefficient (Wildman–Crippen LogP) is 3.84. The quantitative estimate of drug-likeness (QED) is 0.436. The van der Waals surface area contributed by atoms with Gasteiger partial charge in [0, 0.05) is 25.0 Å². The summed E-state index contributed by atoms with van der Waals surface area (Å²) >= 11 is 1.49. The number of rotatable bonds is 9. The van der Waals surface area contributed by atoms with Crippen LogP contribution in [-0.4, -0.2) is 55.8 Å². The number of carboxylic acid groups (broad SMARTS) is 2. The van der Waals surface area contributed by atoms with E-state index in [1.807, 2.05) is 12.3 Å². The molecule has 0 aliphatic carbocycles. The van der Waals surface area contributed by atoms with Crippen molar-refractivity contribution in [2.45, 2.75) is 12.5 Å². The minimum absolute atomic E-state index is 0.196. The Morgan fingerprint density at radius 2 is 1.88 bits per heavy atom. The molecule has 3 aromatic rings. The molecule has 9 nitrogen and oxygen atoms in total. The van der Waals surface area contributed by atoms with Gasteiger partial charge in [0.05, 0.1) is 5.69 Å². The first-order chi connectivity index (χ1) is 15.8. The van der Waals surface area contributed by atoms with E-state index in [0.717, 1.165) is 4.90 Å². The molecule has 0 fully saturated rings. The second kappa shape index (κ2) is 10.7. The monoisotopic (exact) mass is 468 g/mol. The SMILES string of the molecule is CSCCC(NC(=O)c1ccc(N(C(=O)O)c2nccn2C)cc1-c1ccccc1)C(=O)O. The number of thioether (sulfide) groups is 1. The molecule has 0 saturated heterocycles. The zero-order chi connectivity index (χ0) is 24.0. The van der Waals surface area contributed by atoms with Crippen LogP contribution in [0.1, 0.15) is 16.8 Å². The van der Waals surface area contributed by atoms with Crippen LogP contribution >= 0.6 is 11.8 Å². The first-order valence-electron chi connectivity index (χ1n) is 10.1. The van der Waals surface area contributed by atoms with E-state index in [0.29, 0.717) is 22.6 Å². The Kier molecular flexibility index (Phi) is 7.73. The summed E-state index contributed by atoms with van der Waals surface area (Å²) in [5.41, 5.74) is 1.70. The number of aromatic nitrogens is 2. The third-order valence-electron chi connectivity index (χ3n) is 4.99. The molecule has 0 aliphatic rings. The second-order valence-corrected chi connectivity index (χ2v) is 8.18. The highest BCUT2D eigenvalue weighted by Crippen LogP contribution is 2.32. The Labute approximate surface area is 195 Å². The van der Waals surface area contributed by atoms with Crippen molar-refractivity contribution < 1.29 is 24.6 Å². The van der Waals surface area contributed by atoms with Crippen molar-refractivity contribution in [3.8, 4) is 11.1 Å². The Hall–Kier alpha value is -3.79. The lowest BCUT2D eigenvalue weighted by molar-refractivity contribution is -0.139. The van der Waals surface area contributed by atoms with E-state index in [-0.39, 0.29) is 17.9 Å². The number of anilines is 2. The Morgan fingerprint density at radius 3 is 2.45 bits per heavy atom. The zero-order valence-corrected chi connectivity index (χ0v) is 19.0. The summed E-state index contributed by atoms with van der Waals surface area (Å²) in [5, 5.41) is 21.9. The minimum Gasteiger partial charge on any atom is -0.480 e. The van der Waals surface area contributed by atoms with Gasteiger partial charge in [-0.15, -0.1) is 0 Å². The van der Waals surface area contributed by atoms with Crippen molar-refractivity contribution in [3.05, 3.63) is 66.5 Å². The van der Waals surface area contributed by atoms with Crippen molar-refractivity contribution in [3.63, 3.8) is 0 Å². The maximum absolute atomic E-state index is 13.1. The molecule has 1 unspecified atom stereocenters. The van der Waals surface area contributed by atoms with Gasteiger partial charge >= 0.3 is 12.1 Å². The molecule has 0 aliphatic heterocycles. The van der Waals surface area contributed by atoms with Gasteiger partial charge in [0.15, 0.2) is 0 Å². The fourth-order valence-electron chi connectivity index (χ4n) is 3.34. The van der Waals surface area contributed by atoms with Gasteiger partial charge in [-0.1, -0.05) is 30.3 Å². The highest BCUT2D eigenvalue weighted by Gasteiger charge is 2.25. The van der Waals surface area contributed by atoms with E-state index in [2.05, 4.69) is 10.3 Å². The molecule has 3 N–H and O–H groups in total. The Balaban J connectivity index is 2.06. The largest absolute Gasteiger partial charge is 0.480 e. The first kappa shape index (κ1) is 23.9. The summed E-state index contributed by atoms with van der Waals surface area (Å²) in [6.45, 7) is 0. The average Bonchev–Trinajstić information content (AvgIpc) is 3.22. The summed E-state index contributed by atoms with van der Waals surface area (Å²) in [5.74, 6) is -0.879. The van der Waals surface area contributed by atoms with Gasteiger partial charge in [-0.25, -0.2) is 19.5 Å². The minimum atomic E-state index is -1.23. The number of aliphatic carboxylic acids is 1. The van der Waals surface area contributed by atoms with E-state index in [4.69, 9.17) is 0 Å². The van der Waals surface area contributed by atoms with Crippen LogP contribution in [0.5, 0.6) is 0 Å². The summed E-state index contributed by atoms with van der Waals surface area (Å²) in [6.07, 6.45) is 4.04. The molecular formula is C23H24N4O5S. The van der Waals surface area contributed by atoms with Crippen LogP contribution in [0.2, 0.25) is 0 Å². The van der Waals surface area contributed by atoms with Crippen LogP contribution < -0.4 is 10.2 Å². The number of imidazole rings is 1. The lowest BCUT2D eigenvalue weighted by atomic mass is 9.97. The van der Waals surface area contributed by atoms with Gasteiger partial charge in [0.25, 0.3) is 5.91 Å². The molecule has 3 rings (SSSR count). The maximum atomic E-state index is 13.1. The molecule has 1 aromatic heterocycles. The summed E-state index contributed by atoms with van der Waals surface area (Å²) < 4.78 is 1.57. The molecular weight excluding hydrogens is 444 g/mol. The molecule has 33 heavy (non-hydrogen) atoms. The lowest BCUT2D eigenvalue weighted by Gasteiger charge is -2.21. The molecule has 0 spiro atoms. The smallest absolute Gasteiger partial charge is 0.418 e. The van der Waals surface area contributed by atoms with E-state index < -0.39 is 24.0 Å². The molecule has 2 amide bonds. The number of benzene rings is 2. The first-order valence-corrected chi connectivity index (χ1v) is 11.4. The van der Waals surface area contributed by atoms with Gasteiger partial charge in [0.2, 0.25) is 5.95 Å². The number of amides is 2. The third-order valence-corrected chi connectivity index (χ3v) is 5.64. The molecule has 1 heterocycles. The Bertz CT molecular complexity index is 1150. The second-order valence-electron chi connectivity index (χ2n) is 7.20. The third kappa shape index (κ3) is 5.53. The highest BCUT2D eigenvalue weighted by molar-refractivity contribution is 7.98. The topological polar surface area (TPSA) is 125 Å². The van der Waals surface area contributed by atoms with Crippen LogP contribution in [0.4, 0.5) is 16.4 Å². The molecule has 0 saturated carbocycles. The van der Waals surface area contributed by atoms with Gasteiger partial charge in [0.1, 0.15) is 6.04 Å². The van der Waals surface area contributed by atoms with Crippen molar-refractivity contribution in [2.24, 2.45) is 7.05 Å². The van der Waals surface area contributed by atoms with Crippen molar-refractivity contribution in [1.29, 1.82) is 0 Å². The van der Waals surface area contributed by atoms with Crippen molar-refractivity contribution in [2.75, 3.05) is 16.9 Å². The molecule has 0 bridgehead atoms. The van der Waals surface area contributed by atoms with E-state index >= 15 is 0 Å². The van der Waals surface area contributed by atoms with Gasteiger partial charge in [-0.05, 0) is 47.8 Å². The van der Waals surface area contributed by atoms with Gasteiger partial charge in [-0.3, -0.25) is 4.79 Å². The number of hydrogen-bond acceptors (Lipinski definition) is 5. The Morgan fingerprint density at radius 1 is 1.15 bits per heavy atom. The fourth-order valence-corrected chi connectivity index (χ4v) is 3.81. The maximum Gasteiger partial charge on any atom is 0.418 e. The standard InChI is InChI=1S/C23H24N4O5S/c1-26-12-11-24-22(26)27(23(31)32)16-8-9-17(18(14-16)15-6-4-3-5-7-15)20(28)25-19(21(29)30)10-13-33-2/h3-9,11-12,14,19H,10,13H2,1-2H3,(H,25,28)(H,29,30)(H,31,32). The van der Waals surface area contributed by atoms with Gasteiger partial charge in [-0.2, -0.15) is 11.8 Å². The molecule has 10 heteroatoms. The number of nitrogens with one attached hydrogen (secondary N) is 1. The summed E-state index contributed by atoms with van der Waals surface area (Å²) in [4.78, 5) is 41.9. The number of hydrogen-bond donors (Lipinski definition) is 3. The van der Waals surface area contributed by atoms with Crippen LogP contribution in [0, 0.1) is 0 Å². The number of carbonyl (C=O) groups is 3. The van der Waals surface area contributed by atoms with E-state index in [1.165, 1.54) is 30.1 Å². The normalized spacial score (nSPS) is 11.6. The van der Waals surface area contributed by atoms with Crippen molar-refractivity contribution >= 4 is 41.4 Å². The molecule has 1 atom stereocenters. The summed E-state index contributed by atoms with van der Waals surface area (Å²) in [7, 11) is 1.68. The lowest BCUT2D eigenvalue weighted by Crippen LogP contribution is -2.41. The predicted molar refractivity (Wildman–Crippen MR) is 127 cm³/mol. The number of aryl methyl sites for hydroxylation is 1. The molecule has 2 aromatic carbocycles. The molecule has 172 valence electrons. The van der Waals surface area contributed by atoms with Crippen LogP contribution in [0.25, 0.3) is 11.1 Å². The highest BCUT2D eigenvalue weighted by atomic mass is 32.2. The van der Waals surface area contributed by atoms with E-state index in [9.17, 15) is 24.6 Å². The van der Waals surface area contributed by atoms with Gasteiger partial charge < -0.3 is 20.1 Å². The average molecular weight is 469 g/mol. The fraction of sp³-hybridized carbons (Fsp3) is 0.217. The molecule has 0 radical (unpaired) electrons. The summed E-state index contributed by atoms with van der Waals surface area (Å²) in [6, 6.07) is 12.6. The van der Waals surface area contributed by atoms with Crippen LogP contribution in [-0.2, 0) is 11.8 Å². The van der Waals surface area contributed by atoms with Crippen LogP contribution in [0.15, 0.2) is 60.9 Å². The zero-order valence-electron chi connectivity index (χ0n) is 18.1. The number of carbonyl (C=O) groups excluding carboxylic acids is 1. The number of nitrogens with zero attached hydrogens (tertiary/aromatic N) is 3. The van der Waals surface area contributed by atoms with Crippen LogP contribution in [0.3, 0.4) is 0 Å².